The number of rotatable bonds is 4. The zero-order valence-corrected chi connectivity index (χ0v) is 9.86. The van der Waals surface area contributed by atoms with Crippen molar-refractivity contribution in [1.29, 1.82) is 0 Å². The second kappa shape index (κ2) is 4.52. The summed E-state index contributed by atoms with van der Waals surface area (Å²) >= 11 is 0. The lowest BCUT2D eigenvalue weighted by molar-refractivity contribution is -0.144. The summed E-state index contributed by atoms with van der Waals surface area (Å²) in [5, 5.41) is 14.5. The Morgan fingerprint density at radius 2 is 2.18 bits per heavy atom. The van der Waals surface area contributed by atoms with Crippen LogP contribution in [-0.4, -0.2) is 41.9 Å². The van der Waals surface area contributed by atoms with Crippen LogP contribution in [-0.2, 0) is 9.53 Å². The minimum absolute atomic E-state index is 0.0353. The first-order chi connectivity index (χ1) is 8.03. The van der Waals surface area contributed by atoms with Crippen LogP contribution in [0.4, 0.5) is 4.79 Å². The summed E-state index contributed by atoms with van der Waals surface area (Å²) in [5.74, 6) is -0.495. The van der Waals surface area contributed by atoms with E-state index in [1.807, 2.05) is 6.92 Å². The number of nitrogens with one attached hydrogen (secondary N) is 2. The van der Waals surface area contributed by atoms with E-state index < -0.39 is 17.5 Å². The van der Waals surface area contributed by atoms with Gasteiger partial charge in [0.25, 0.3) is 0 Å². The molecule has 0 radical (unpaired) electrons. The predicted octanol–water partition coefficient (Wildman–Crippen LogP) is 0.328. The SMILES string of the molecule is CC(NC(=O)NC1(C(=O)O)CCOC1)C1CC1. The molecule has 96 valence electrons. The van der Waals surface area contributed by atoms with E-state index >= 15 is 0 Å². The summed E-state index contributed by atoms with van der Waals surface area (Å²) in [7, 11) is 0. The zero-order valence-electron chi connectivity index (χ0n) is 9.86. The number of carboxylic acid groups (broad SMARTS) is 1. The van der Waals surface area contributed by atoms with E-state index in [-0.39, 0.29) is 12.6 Å². The van der Waals surface area contributed by atoms with Gasteiger partial charge in [-0.2, -0.15) is 0 Å². The van der Waals surface area contributed by atoms with Gasteiger partial charge in [0.05, 0.1) is 6.61 Å². The third-order valence-electron chi connectivity index (χ3n) is 3.47. The summed E-state index contributed by atoms with van der Waals surface area (Å²) < 4.78 is 5.06. The number of aliphatic carboxylic acids is 1. The summed E-state index contributed by atoms with van der Waals surface area (Å²) in [5.41, 5.74) is -1.26. The minimum Gasteiger partial charge on any atom is -0.479 e. The quantitative estimate of drug-likeness (QED) is 0.663. The Kier molecular flexibility index (Phi) is 3.24. The van der Waals surface area contributed by atoms with Crippen LogP contribution in [0.1, 0.15) is 26.2 Å². The molecule has 6 nitrogen and oxygen atoms in total. The summed E-state index contributed by atoms with van der Waals surface area (Å²) in [6.07, 6.45) is 2.58. The second-order valence-corrected chi connectivity index (χ2v) is 4.91. The number of urea groups is 1. The van der Waals surface area contributed by atoms with Crippen molar-refractivity contribution in [2.45, 2.75) is 37.8 Å². The van der Waals surface area contributed by atoms with Crippen LogP contribution in [0.2, 0.25) is 0 Å². The number of carboxylic acids is 1. The first kappa shape index (κ1) is 12.2. The highest BCUT2D eigenvalue weighted by molar-refractivity contribution is 5.86. The Morgan fingerprint density at radius 1 is 1.47 bits per heavy atom. The van der Waals surface area contributed by atoms with Crippen molar-refractivity contribution in [3.8, 4) is 0 Å². The van der Waals surface area contributed by atoms with Crippen LogP contribution in [0.25, 0.3) is 0 Å². The van der Waals surface area contributed by atoms with E-state index in [4.69, 9.17) is 9.84 Å². The standard InChI is InChI=1S/C11H18N2O4/c1-7(8-2-3-8)12-10(16)13-11(9(14)15)4-5-17-6-11/h7-8H,2-6H2,1H3,(H,14,15)(H2,12,13,16). The first-order valence-electron chi connectivity index (χ1n) is 5.93. The van der Waals surface area contributed by atoms with E-state index in [9.17, 15) is 9.59 Å². The molecule has 2 atom stereocenters. The van der Waals surface area contributed by atoms with Gasteiger partial charge in [-0.1, -0.05) is 0 Å². The highest BCUT2D eigenvalue weighted by Crippen LogP contribution is 2.32. The van der Waals surface area contributed by atoms with Gasteiger partial charge in [-0.3, -0.25) is 0 Å². The molecular formula is C11H18N2O4. The van der Waals surface area contributed by atoms with Crippen molar-refractivity contribution >= 4 is 12.0 Å². The number of ether oxygens (including phenoxy) is 1. The van der Waals surface area contributed by atoms with Gasteiger partial charge >= 0.3 is 12.0 Å². The van der Waals surface area contributed by atoms with Crippen LogP contribution in [0, 0.1) is 5.92 Å². The lowest BCUT2D eigenvalue weighted by Gasteiger charge is -2.25. The molecule has 1 saturated carbocycles. The maximum absolute atomic E-state index is 11.7. The van der Waals surface area contributed by atoms with Crippen molar-refractivity contribution in [2.75, 3.05) is 13.2 Å². The lowest BCUT2D eigenvalue weighted by atomic mass is 9.99. The van der Waals surface area contributed by atoms with Gasteiger partial charge in [0.15, 0.2) is 5.54 Å². The van der Waals surface area contributed by atoms with Crippen LogP contribution >= 0.6 is 0 Å². The Bertz CT molecular complexity index is 321. The normalized spacial score (nSPS) is 29.7. The van der Waals surface area contributed by atoms with Gasteiger partial charge < -0.3 is 20.5 Å². The van der Waals surface area contributed by atoms with Crippen molar-refractivity contribution in [3.63, 3.8) is 0 Å². The maximum atomic E-state index is 11.7. The zero-order chi connectivity index (χ0) is 12.5. The topological polar surface area (TPSA) is 87.7 Å². The fourth-order valence-electron chi connectivity index (χ4n) is 2.06. The molecule has 2 rings (SSSR count). The average molecular weight is 242 g/mol. The molecule has 17 heavy (non-hydrogen) atoms. The first-order valence-corrected chi connectivity index (χ1v) is 5.93. The molecule has 2 amide bonds. The lowest BCUT2D eigenvalue weighted by Crippen LogP contribution is -2.58. The molecular weight excluding hydrogens is 224 g/mol. The molecule has 0 aromatic carbocycles. The van der Waals surface area contributed by atoms with E-state index in [1.165, 1.54) is 0 Å². The molecule has 2 fully saturated rings. The molecule has 2 aliphatic rings. The number of amides is 2. The highest BCUT2D eigenvalue weighted by Gasteiger charge is 2.44. The van der Waals surface area contributed by atoms with E-state index in [1.54, 1.807) is 0 Å². The Balaban J connectivity index is 1.89. The molecule has 2 unspecified atom stereocenters. The predicted molar refractivity (Wildman–Crippen MR) is 59.7 cm³/mol. The van der Waals surface area contributed by atoms with Crippen LogP contribution in [0.5, 0.6) is 0 Å². The summed E-state index contributed by atoms with van der Waals surface area (Å²) in [6.45, 7) is 2.34. The van der Waals surface area contributed by atoms with Crippen molar-refractivity contribution in [1.82, 2.24) is 10.6 Å². The van der Waals surface area contributed by atoms with Crippen molar-refractivity contribution in [2.24, 2.45) is 5.92 Å². The fourth-order valence-corrected chi connectivity index (χ4v) is 2.06. The Morgan fingerprint density at radius 3 is 2.65 bits per heavy atom. The molecule has 6 heteroatoms. The van der Waals surface area contributed by atoms with Gasteiger partial charge in [0.1, 0.15) is 0 Å². The Labute approximate surface area is 99.7 Å². The number of hydrogen-bond acceptors (Lipinski definition) is 3. The van der Waals surface area contributed by atoms with Crippen molar-refractivity contribution in [3.05, 3.63) is 0 Å². The van der Waals surface area contributed by atoms with Crippen LogP contribution < -0.4 is 10.6 Å². The maximum Gasteiger partial charge on any atom is 0.332 e. The van der Waals surface area contributed by atoms with Crippen LogP contribution in [0.15, 0.2) is 0 Å². The van der Waals surface area contributed by atoms with Gasteiger partial charge in [-0.15, -0.1) is 0 Å². The van der Waals surface area contributed by atoms with Gasteiger partial charge in [0, 0.05) is 19.1 Å². The van der Waals surface area contributed by atoms with Crippen molar-refractivity contribution < 1.29 is 19.4 Å². The third kappa shape index (κ3) is 2.69. The molecule has 0 aromatic heterocycles. The third-order valence-corrected chi connectivity index (χ3v) is 3.47. The van der Waals surface area contributed by atoms with E-state index in [0.29, 0.717) is 18.9 Å². The van der Waals surface area contributed by atoms with E-state index in [2.05, 4.69) is 10.6 Å². The number of hydrogen-bond donors (Lipinski definition) is 3. The molecule has 0 bridgehead atoms. The summed E-state index contributed by atoms with van der Waals surface area (Å²) in [4.78, 5) is 22.9. The average Bonchev–Trinajstić information content (AvgIpc) is 3.00. The van der Waals surface area contributed by atoms with Gasteiger partial charge in [-0.25, -0.2) is 9.59 Å². The Hall–Kier alpha value is -1.30. The minimum atomic E-state index is -1.26. The van der Waals surface area contributed by atoms with Gasteiger partial charge in [0.2, 0.25) is 0 Å². The molecule has 1 heterocycles. The smallest absolute Gasteiger partial charge is 0.332 e. The molecule has 0 spiro atoms. The van der Waals surface area contributed by atoms with E-state index in [0.717, 1.165) is 12.8 Å². The second-order valence-electron chi connectivity index (χ2n) is 4.91. The van der Waals surface area contributed by atoms with Crippen LogP contribution in [0.3, 0.4) is 0 Å². The monoisotopic (exact) mass is 242 g/mol. The highest BCUT2D eigenvalue weighted by atomic mass is 16.5. The molecule has 0 aromatic rings. The largest absolute Gasteiger partial charge is 0.479 e. The molecule has 3 N–H and O–H groups in total. The number of carbonyl (C=O) groups excluding carboxylic acids is 1. The van der Waals surface area contributed by atoms with Gasteiger partial charge in [-0.05, 0) is 25.7 Å². The summed E-state index contributed by atoms with van der Waals surface area (Å²) in [6, 6.07) is -0.319. The number of carbonyl (C=O) groups is 2. The molecule has 1 aliphatic heterocycles. The molecule has 1 aliphatic carbocycles. The molecule has 1 saturated heterocycles. The fraction of sp³-hybridized carbons (Fsp3) is 0.818.